The summed E-state index contributed by atoms with van der Waals surface area (Å²) in [6.45, 7) is 4.48. The van der Waals surface area contributed by atoms with Crippen LogP contribution < -0.4 is 10.2 Å². The molecule has 7 nitrogen and oxygen atoms in total. The van der Waals surface area contributed by atoms with Crippen molar-refractivity contribution in [1.82, 2.24) is 15.3 Å². The van der Waals surface area contributed by atoms with E-state index in [0.717, 1.165) is 24.7 Å². The smallest absolute Gasteiger partial charge is 0.240 e. The highest BCUT2D eigenvalue weighted by molar-refractivity contribution is 5.86. The molecule has 2 saturated heterocycles. The molecular formula is C19H26ClN5O2. The quantitative estimate of drug-likeness (QED) is 0.842. The van der Waals surface area contributed by atoms with Crippen LogP contribution in [0, 0.1) is 35.5 Å². The summed E-state index contributed by atoms with van der Waals surface area (Å²) in [4.78, 5) is 23.9. The van der Waals surface area contributed by atoms with Crippen LogP contribution >= 0.6 is 12.4 Å². The Morgan fingerprint density at radius 1 is 1.37 bits per heavy atom. The van der Waals surface area contributed by atoms with Crippen molar-refractivity contribution in [2.24, 2.45) is 17.3 Å². The van der Waals surface area contributed by atoms with Gasteiger partial charge in [-0.05, 0) is 44.6 Å². The van der Waals surface area contributed by atoms with E-state index in [-0.39, 0.29) is 24.4 Å². The summed E-state index contributed by atoms with van der Waals surface area (Å²) >= 11 is 0. The van der Waals surface area contributed by atoms with Crippen LogP contribution in [0.1, 0.15) is 31.5 Å². The topological polar surface area (TPSA) is 91.1 Å². The molecule has 0 spiro atoms. The van der Waals surface area contributed by atoms with Gasteiger partial charge in [0, 0.05) is 38.4 Å². The first-order valence-electron chi connectivity index (χ1n) is 9.46. The summed E-state index contributed by atoms with van der Waals surface area (Å²) in [7, 11) is 0. The monoisotopic (exact) mass is 391 g/mol. The number of aromatic nitrogens is 2. The Morgan fingerprint density at radius 3 is 2.74 bits per heavy atom. The minimum atomic E-state index is -0.939. The molecule has 0 unspecified atom stereocenters. The lowest BCUT2D eigenvalue weighted by Gasteiger charge is -2.31. The third-order valence-corrected chi connectivity index (χ3v) is 5.99. The fraction of sp³-hybridized carbons (Fsp3) is 0.684. The first-order valence-corrected chi connectivity index (χ1v) is 9.46. The summed E-state index contributed by atoms with van der Waals surface area (Å²) in [5.41, 5.74) is -0.939. The van der Waals surface area contributed by atoms with E-state index < -0.39 is 5.41 Å². The third kappa shape index (κ3) is 4.02. The zero-order chi connectivity index (χ0) is 18.1. The minimum absolute atomic E-state index is 0. The molecule has 146 valence electrons. The van der Waals surface area contributed by atoms with Gasteiger partial charge < -0.3 is 15.0 Å². The predicted octanol–water partition coefficient (Wildman–Crippen LogP) is 1.86. The number of halogens is 1. The lowest BCUT2D eigenvalue weighted by molar-refractivity contribution is -0.133. The molecule has 3 fully saturated rings. The van der Waals surface area contributed by atoms with E-state index in [1.165, 1.54) is 12.8 Å². The van der Waals surface area contributed by atoms with Gasteiger partial charge >= 0.3 is 0 Å². The summed E-state index contributed by atoms with van der Waals surface area (Å²) in [5.74, 6) is 2.63. The maximum atomic E-state index is 13.0. The molecule has 8 heteroatoms. The molecule has 1 N–H and O–H groups in total. The van der Waals surface area contributed by atoms with Gasteiger partial charge in [-0.3, -0.25) is 4.79 Å². The second-order valence-electron chi connectivity index (χ2n) is 7.75. The number of hydrogen-bond donors (Lipinski definition) is 1. The molecule has 1 aliphatic carbocycles. The molecule has 0 bridgehead atoms. The fourth-order valence-corrected chi connectivity index (χ4v) is 4.21. The molecule has 3 aliphatic rings. The lowest BCUT2D eigenvalue weighted by Crippen LogP contribution is -2.50. The number of rotatable bonds is 4. The molecule has 2 aliphatic heterocycles. The summed E-state index contributed by atoms with van der Waals surface area (Å²) in [6.07, 6.45) is 5.19. The summed E-state index contributed by atoms with van der Waals surface area (Å²) in [6, 6.07) is 4.27. The highest BCUT2D eigenvalue weighted by atomic mass is 35.5. The molecule has 2 atom stereocenters. The van der Waals surface area contributed by atoms with Gasteiger partial charge in [0.25, 0.3) is 0 Å². The van der Waals surface area contributed by atoms with Crippen LogP contribution in [-0.4, -0.2) is 48.2 Å². The fourth-order valence-electron chi connectivity index (χ4n) is 4.21. The molecule has 4 rings (SSSR count). The van der Waals surface area contributed by atoms with Gasteiger partial charge in [-0.2, -0.15) is 5.26 Å². The van der Waals surface area contributed by atoms with Gasteiger partial charge in [0.15, 0.2) is 0 Å². The SMILES string of the molecule is Cc1nccc(N2C[C@H](NC(=O)C3(C#N)CCOCC3)[C@@H](C3CC3)C2)n1.Cl. The van der Waals surface area contributed by atoms with Crippen molar-refractivity contribution in [2.45, 2.75) is 38.6 Å². The molecule has 3 heterocycles. The molecule has 27 heavy (non-hydrogen) atoms. The number of carbonyl (C=O) groups is 1. The number of nitriles is 1. The maximum absolute atomic E-state index is 13.0. The zero-order valence-corrected chi connectivity index (χ0v) is 16.4. The molecule has 0 radical (unpaired) electrons. The highest BCUT2D eigenvalue weighted by Gasteiger charge is 2.47. The zero-order valence-electron chi connectivity index (χ0n) is 15.6. The first-order chi connectivity index (χ1) is 12.6. The average molecular weight is 392 g/mol. The Morgan fingerprint density at radius 2 is 2.11 bits per heavy atom. The second kappa shape index (κ2) is 7.99. The number of ether oxygens (including phenoxy) is 1. The van der Waals surface area contributed by atoms with Crippen LogP contribution in [0.4, 0.5) is 5.82 Å². The van der Waals surface area contributed by atoms with Gasteiger partial charge in [-0.15, -0.1) is 12.4 Å². The van der Waals surface area contributed by atoms with E-state index in [9.17, 15) is 10.1 Å². The number of nitrogens with one attached hydrogen (secondary N) is 1. The first kappa shape index (κ1) is 19.8. The Balaban J connectivity index is 0.00000210. The number of carbonyl (C=O) groups excluding carboxylic acids is 1. The van der Waals surface area contributed by atoms with Crippen LogP contribution in [0.15, 0.2) is 12.3 Å². The Labute approximate surface area is 165 Å². The number of amides is 1. The van der Waals surface area contributed by atoms with E-state index >= 15 is 0 Å². The van der Waals surface area contributed by atoms with Crippen LogP contribution in [0.25, 0.3) is 0 Å². The van der Waals surface area contributed by atoms with Crippen LogP contribution in [0.5, 0.6) is 0 Å². The van der Waals surface area contributed by atoms with E-state index in [1.54, 1.807) is 6.20 Å². The summed E-state index contributed by atoms with van der Waals surface area (Å²) in [5, 5.41) is 12.9. The number of aryl methyl sites for hydroxylation is 1. The molecule has 0 aromatic carbocycles. The molecule has 1 aromatic heterocycles. The summed E-state index contributed by atoms with van der Waals surface area (Å²) < 4.78 is 5.35. The minimum Gasteiger partial charge on any atom is -0.381 e. The van der Waals surface area contributed by atoms with Crippen molar-refractivity contribution in [3.8, 4) is 6.07 Å². The number of hydrogen-bond acceptors (Lipinski definition) is 6. The highest BCUT2D eigenvalue weighted by Crippen LogP contribution is 2.42. The Bertz CT molecular complexity index is 727. The van der Waals surface area contributed by atoms with Crippen LogP contribution in [0.2, 0.25) is 0 Å². The Kier molecular flexibility index (Phi) is 5.87. The lowest BCUT2D eigenvalue weighted by atomic mass is 9.80. The number of anilines is 1. The molecule has 1 aromatic rings. The van der Waals surface area contributed by atoms with Gasteiger partial charge in [-0.25, -0.2) is 9.97 Å². The largest absolute Gasteiger partial charge is 0.381 e. The standard InChI is InChI=1S/C19H25N5O2.ClH/c1-13-21-7-4-17(22-13)24-10-15(14-2-3-14)16(11-24)23-18(25)19(12-20)5-8-26-9-6-19;/h4,7,14-16H,2-3,5-6,8-11H2,1H3,(H,23,25);1H/t15-,16+;/m1./s1. The van der Waals surface area contributed by atoms with Crippen molar-refractivity contribution in [2.75, 3.05) is 31.2 Å². The van der Waals surface area contributed by atoms with Gasteiger partial charge in [-0.1, -0.05) is 0 Å². The van der Waals surface area contributed by atoms with Crippen LogP contribution in [0.3, 0.4) is 0 Å². The van der Waals surface area contributed by atoms with E-state index in [4.69, 9.17) is 4.74 Å². The third-order valence-electron chi connectivity index (χ3n) is 5.99. The molecule has 1 saturated carbocycles. The predicted molar refractivity (Wildman–Crippen MR) is 102 cm³/mol. The molecular weight excluding hydrogens is 366 g/mol. The van der Waals surface area contributed by atoms with Gasteiger partial charge in [0.2, 0.25) is 5.91 Å². The van der Waals surface area contributed by atoms with Crippen molar-refractivity contribution < 1.29 is 9.53 Å². The number of nitrogens with zero attached hydrogens (tertiary/aromatic N) is 4. The average Bonchev–Trinajstić information content (AvgIpc) is 3.42. The van der Waals surface area contributed by atoms with Gasteiger partial charge in [0.1, 0.15) is 17.1 Å². The Hall–Kier alpha value is -1.91. The van der Waals surface area contributed by atoms with Crippen molar-refractivity contribution in [3.05, 3.63) is 18.1 Å². The molecule has 1 amide bonds. The van der Waals surface area contributed by atoms with Gasteiger partial charge in [0.05, 0.1) is 12.1 Å². The second-order valence-corrected chi connectivity index (χ2v) is 7.75. The van der Waals surface area contributed by atoms with Crippen molar-refractivity contribution in [3.63, 3.8) is 0 Å². The van der Waals surface area contributed by atoms with Crippen LogP contribution in [-0.2, 0) is 9.53 Å². The normalized spacial score (nSPS) is 26.7. The van der Waals surface area contributed by atoms with Crippen molar-refractivity contribution in [1.29, 1.82) is 5.26 Å². The van der Waals surface area contributed by atoms with E-state index in [0.29, 0.717) is 37.9 Å². The van der Waals surface area contributed by atoms with E-state index in [1.807, 2.05) is 13.0 Å². The van der Waals surface area contributed by atoms with Crippen molar-refractivity contribution >= 4 is 24.1 Å². The maximum Gasteiger partial charge on any atom is 0.240 e. The van der Waals surface area contributed by atoms with E-state index in [2.05, 4.69) is 26.3 Å².